The van der Waals surface area contributed by atoms with Crippen LogP contribution in [0.3, 0.4) is 0 Å². The van der Waals surface area contributed by atoms with E-state index in [1.807, 2.05) is 37.3 Å². The van der Waals surface area contributed by atoms with Crippen molar-refractivity contribution >= 4 is 12.2 Å². The first-order valence-electron chi connectivity index (χ1n) is 11.8. The molecular weight excluding hydrogens is 456 g/mol. The maximum Gasteiger partial charge on any atom is 0.520 e. The molecule has 36 heavy (non-hydrogen) atoms. The first-order chi connectivity index (χ1) is 17.5. The number of hydrogen-bond acceptors (Lipinski definition) is 6. The summed E-state index contributed by atoms with van der Waals surface area (Å²) in [4.78, 5) is 30.0. The van der Waals surface area contributed by atoms with Gasteiger partial charge in [0.15, 0.2) is 0 Å². The number of carbonyl (C=O) groups excluding carboxylic acids is 2. The van der Waals surface area contributed by atoms with Crippen LogP contribution in [0.15, 0.2) is 96.1 Å². The van der Waals surface area contributed by atoms with Crippen molar-refractivity contribution in [1.29, 1.82) is 0 Å². The highest BCUT2D eigenvalue weighted by Crippen LogP contribution is 2.50. The first kappa shape index (κ1) is 23.4. The number of benzene rings is 2. The number of pyridine rings is 1. The van der Waals surface area contributed by atoms with E-state index in [9.17, 15) is 9.59 Å². The predicted octanol–water partition coefficient (Wildman–Crippen LogP) is 6.11. The van der Waals surface area contributed by atoms with Crippen LogP contribution >= 0.6 is 0 Å². The van der Waals surface area contributed by atoms with Crippen molar-refractivity contribution in [3.63, 3.8) is 0 Å². The second-order valence-electron chi connectivity index (χ2n) is 8.89. The van der Waals surface area contributed by atoms with Gasteiger partial charge in [-0.2, -0.15) is 0 Å². The van der Waals surface area contributed by atoms with E-state index in [0.29, 0.717) is 24.3 Å². The van der Waals surface area contributed by atoms with Crippen molar-refractivity contribution in [1.82, 2.24) is 10.3 Å². The zero-order chi connectivity index (χ0) is 25.1. The van der Waals surface area contributed by atoms with Crippen LogP contribution in [-0.4, -0.2) is 17.2 Å². The van der Waals surface area contributed by atoms with E-state index in [-0.39, 0.29) is 11.8 Å². The van der Waals surface area contributed by atoms with E-state index in [1.54, 1.807) is 42.5 Å². The summed E-state index contributed by atoms with van der Waals surface area (Å²) >= 11 is 0. The molecule has 7 nitrogen and oxygen atoms in total. The van der Waals surface area contributed by atoms with E-state index in [1.165, 1.54) is 5.57 Å². The number of hydrogen-bond donors (Lipinski definition) is 1. The lowest BCUT2D eigenvalue weighted by Crippen LogP contribution is -2.54. The number of allylic oxidation sites excluding steroid dienone is 2. The highest BCUT2D eigenvalue weighted by Gasteiger charge is 2.48. The van der Waals surface area contributed by atoms with Crippen LogP contribution in [-0.2, 0) is 12.0 Å². The van der Waals surface area contributed by atoms with Crippen LogP contribution in [0.1, 0.15) is 31.5 Å². The van der Waals surface area contributed by atoms with Crippen LogP contribution in [0.5, 0.6) is 17.4 Å². The monoisotopic (exact) mass is 482 g/mol. The van der Waals surface area contributed by atoms with Gasteiger partial charge >= 0.3 is 12.2 Å². The van der Waals surface area contributed by atoms with E-state index in [0.717, 1.165) is 16.8 Å². The predicted molar refractivity (Wildman–Crippen MR) is 134 cm³/mol. The fourth-order valence-electron chi connectivity index (χ4n) is 5.17. The minimum Gasteiger partial charge on any atom is -0.410 e. The molecule has 0 saturated heterocycles. The van der Waals surface area contributed by atoms with Gasteiger partial charge in [0.05, 0.1) is 11.2 Å². The van der Waals surface area contributed by atoms with E-state index < -0.39 is 17.8 Å². The topological polar surface area (TPSA) is 86.8 Å². The fourth-order valence-corrected chi connectivity index (χ4v) is 5.17. The van der Waals surface area contributed by atoms with Crippen LogP contribution < -0.4 is 19.5 Å². The van der Waals surface area contributed by atoms with Crippen LogP contribution in [0, 0.1) is 5.92 Å². The van der Waals surface area contributed by atoms with Gasteiger partial charge in [0, 0.05) is 24.0 Å². The molecule has 3 aromatic rings. The third kappa shape index (κ3) is 4.60. The SMILES string of the molecule is CC=C1[C@H]2C=C(C)C[C@]1(NC(=O)Oc1ccccc1)c1ccc(OC(=O)Oc3ccccc3)nc1C2. The lowest BCUT2D eigenvalue weighted by molar-refractivity contribution is 0.149. The van der Waals surface area contributed by atoms with Crippen molar-refractivity contribution in [2.45, 2.75) is 32.2 Å². The zero-order valence-corrected chi connectivity index (χ0v) is 20.1. The van der Waals surface area contributed by atoms with Crippen LogP contribution in [0.25, 0.3) is 0 Å². The van der Waals surface area contributed by atoms with Gasteiger partial charge in [0.2, 0.25) is 5.88 Å². The van der Waals surface area contributed by atoms with Crippen LogP contribution in [0.4, 0.5) is 9.59 Å². The number of rotatable bonds is 4. The molecular formula is C29H26N2O5. The Morgan fingerprint density at radius 1 is 0.944 bits per heavy atom. The summed E-state index contributed by atoms with van der Waals surface area (Å²) in [6, 6.07) is 21.1. The molecule has 2 bridgehead atoms. The van der Waals surface area contributed by atoms with Crippen molar-refractivity contribution in [2.75, 3.05) is 0 Å². The number of nitrogens with zero attached hydrogens (tertiary/aromatic N) is 1. The van der Waals surface area contributed by atoms with Gasteiger partial charge in [-0.1, -0.05) is 54.1 Å². The van der Waals surface area contributed by atoms with Crippen molar-refractivity contribution in [3.8, 4) is 17.4 Å². The summed E-state index contributed by atoms with van der Waals surface area (Å²) in [5.74, 6) is 1.03. The minimum absolute atomic E-state index is 0.0484. The molecule has 0 unspecified atom stereocenters. The minimum atomic E-state index is -0.867. The molecule has 0 saturated carbocycles. The number of ether oxygens (including phenoxy) is 3. The molecule has 5 rings (SSSR count). The maximum absolute atomic E-state index is 13.1. The zero-order valence-electron chi connectivity index (χ0n) is 20.1. The molecule has 0 aliphatic heterocycles. The Morgan fingerprint density at radius 2 is 1.61 bits per heavy atom. The van der Waals surface area contributed by atoms with Crippen LogP contribution in [0.2, 0.25) is 0 Å². The summed E-state index contributed by atoms with van der Waals surface area (Å²) < 4.78 is 16.2. The van der Waals surface area contributed by atoms with Gasteiger partial charge in [0.1, 0.15) is 11.5 Å². The normalized spacial score (nSPS) is 21.1. The molecule has 1 N–H and O–H groups in total. The Hall–Kier alpha value is -4.39. The maximum atomic E-state index is 13.1. The molecule has 2 atom stereocenters. The van der Waals surface area contributed by atoms with Crippen molar-refractivity contribution < 1.29 is 23.8 Å². The lowest BCUT2D eigenvalue weighted by atomic mass is 9.63. The van der Waals surface area contributed by atoms with Gasteiger partial charge in [-0.15, -0.1) is 0 Å². The number of para-hydroxylation sites is 2. The number of aromatic nitrogens is 1. The Bertz CT molecular complexity index is 1350. The van der Waals surface area contributed by atoms with Gasteiger partial charge in [-0.25, -0.2) is 14.6 Å². The number of amides is 1. The fraction of sp³-hybridized carbons (Fsp3) is 0.207. The number of nitrogens with one attached hydrogen (secondary N) is 1. The van der Waals surface area contributed by atoms with Gasteiger partial charge in [-0.05, 0) is 56.2 Å². The summed E-state index contributed by atoms with van der Waals surface area (Å²) in [7, 11) is 0. The largest absolute Gasteiger partial charge is 0.520 e. The van der Waals surface area contributed by atoms with E-state index in [2.05, 4.69) is 29.4 Å². The second kappa shape index (κ2) is 9.70. The van der Waals surface area contributed by atoms with Crippen molar-refractivity contribution in [2.24, 2.45) is 5.92 Å². The average molecular weight is 483 g/mol. The third-order valence-electron chi connectivity index (χ3n) is 6.46. The summed E-state index contributed by atoms with van der Waals surface area (Å²) in [6.07, 6.45) is 4.05. The highest BCUT2D eigenvalue weighted by atomic mass is 16.7. The van der Waals surface area contributed by atoms with E-state index >= 15 is 0 Å². The number of carbonyl (C=O) groups is 2. The Kier molecular flexibility index (Phi) is 6.29. The Morgan fingerprint density at radius 3 is 2.28 bits per heavy atom. The summed E-state index contributed by atoms with van der Waals surface area (Å²) in [6.45, 7) is 4.04. The standard InChI is InChI=1S/C29H26N2O5/c1-3-23-20-16-19(2)18-29(23,31-27(32)34-21-10-6-4-7-11-21)24-14-15-26(30-25(24)17-20)36-28(33)35-22-12-8-5-9-13-22/h3-16,20H,17-18H2,1-2H3,(H,31,32)/t20-,29+/m0/s1. The molecule has 2 aliphatic carbocycles. The molecule has 1 aromatic heterocycles. The highest BCUT2D eigenvalue weighted by molar-refractivity contribution is 5.74. The quantitative estimate of drug-likeness (QED) is 0.274. The molecule has 0 radical (unpaired) electrons. The average Bonchev–Trinajstić information content (AvgIpc) is 2.84. The smallest absolute Gasteiger partial charge is 0.410 e. The first-order valence-corrected chi connectivity index (χ1v) is 11.8. The van der Waals surface area contributed by atoms with Crippen molar-refractivity contribution in [3.05, 3.63) is 107 Å². The second-order valence-corrected chi connectivity index (χ2v) is 8.89. The summed E-state index contributed by atoms with van der Waals surface area (Å²) in [5.41, 5.74) is 3.05. The van der Waals surface area contributed by atoms with Gasteiger partial charge in [0.25, 0.3) is 0 Å². The molecule has 1 heterocycles. The molecule has 0 fully saturated rings. The lowest BCUT2D eigenvalue weighted by Gasteiger charge is -2.47. The third-order valence-corrected chi connectivity index (χ3v) is 6.46. The molecule has 7 heteroatoms. The molecule has 2 aliphatic rings. The van der Waals surface area contributed by atoms with E-state index in [4.69, 9.17) is 14.2 Å². The Balaban J connectivity index is 1.44. The van der Waals surface area contributed by atoms with Gasteiger partial charge < -0.3 is 19.5 Å². The summed E-state index contributed by atoms with van der Waals surface area (Å²) in [5, 5.41) is 3.15. The Labute approximate surface area is 209 Å². The number of fused-ring (bicyclic) bond motifs is 4. The molecule has 182 valence electrons. The molecule has 1 amide bonds. The van der Waals surface area contributed by atoms with Gasteiger partial charge in [-0.3, -0.25) is 0 Å². The molecule has 2 aromatic carbocycles. The molecule has 0 spiro atoms.